The predicted octanol–water partition coefficient (Wildman–Crippen LogP) is 2.64. The number of carbonyl (C=O) groups excluding carboxylic acids is 1. The molecule has 2 aliphatic rings. The van der Waals surface area contributed by atoms with Crippen molar-refractivity contribution >= 4 is 17.8 Å². The largest absolute Gasteiger partial charge is 0.379 e. The lowest BCUT2D eigenvalue weighted by atomic mass is 10.1. The van der Waals surface area contributed by atoms with Gasteiger partial charge in [0.15, 0.2) is 0 Å². The molecule has 1 aliphatic heterocycles. The normalized spacial score (nSPS) is 20.9. The van der Waals surface area contributed by atoms with E-state index in [9.17, 15) is 9.18 Å². The third kappa shape index (κ3) is 2.09. The Morgan fingerprint density at radius 2 is 2.22 bits per heavy atom. The molecule has 18 heavy (non-hydrogen) atoms. The van der Waals surface area contributed by atoms with Gasteiger partial charge < -0.3 is 4.74 Å². The lowest BCUT2D eigenvalue weighted by Crippen LogP contribution is -2.30. The molecule has 0 aromatic heterocycles. The van der Waals surface area contributed by atoms with Gasteiger partial charge in [-0.15, -0.1) is 11.8 Å². The average molecular weight is 265 g/mol. The van der Waals surface area contributed by atoms with Crippen molar-refractivity contribution in [2.45, 2.75) is 28.5 Å². The van der Waals surface area contributed by atoms with Crippen LogP contribution in [0.5, 0.6) is 0 Å². The van der Waals surface area contributed by atoms with Crippen molar-refractivity contribution in [2.24, 2.45) is 4.99 Å². The van der Waals surface area contributed by atoms with E-state index >= 15 is 0 Å². The first-order valence-electron chi connectivity index (χ1n) is 5.87. The van der Waals surface area contributed by atoms with Gasteiger partial charge in [0.25, 0.3) is 0 Å². The lowest BCUT2D eigenvalue weighted by molar-refractivity contribution is 0.0455. The maximum absolute atomic E-state index is 14.0. The van der Waals surface area contributed by atoms with Crippen LogP contribution >= 0.6 is 11.8 Å². The molecular weight excluding hydrogens is 253 g/mol. The first-order valence-corrected chi connectivity index (χ1v) is 6.75. The number of rotatable bonds is 4. The molecular formula is C13H12FNO2S. The van der Waals surface area contributed by atoms with E-state index in [1.165, 1.54) is 17.8 Å². The third-order valence-electron chi connectivity index (χ3n) is 3.35. The first kappa shape index (κ1) is 11.9. The van der Waals surface area contributed by atoms with Crippen LogP contribution in [0.3, 0.4) is 0 Å². The van der Waals surface area contributed by atoms with E-state index in [2.05, 4.69) is 4.99 Å². The van der Waals surface area contributed by atoms with Gasteiger partial charge in [-0.1, -0.05) is 6.07 Å². The molecule has 0 spiro atoms. The Labute approximate surface area is 108 Å². The van der Waals surface area contributed by atoms with Crippen LogP contribution in [0.2, 0.25) is 0 Å². The van der Waals surface area contributed by atoms with Crippen LogP contribution in [0.15, 0.2) is 28.1 Å². The molecule has 2 fully saturated rings. The Morgan fingerprint density at radius 3 is 2.72 bits per heavy atom. The molecule has 3 rings (SSSR count). The van der Waals surface area contributed by atoms with Gasteiger partial charge in [-0.25, -0.2) is 9.18 Å². The lowest BCUT2D eigenvalue weighted by Gasteiger charge is -2.25. The summed E-state index contributed by atoms with van der Waals surface area (Å²) in [6.45, 7) is 1.37. The van der Waals surface area contributed by atoms with E-state index < -0.39 is 5.54 Å². The van der Waals surface area contributed by atoms with E-state index in [1.807, 2.05) is 6.07 Å². The number of hydrogen-bond donors (Lipinski definition) is 0. The van der Waals surface area contributed by atoms with Gasteiger partial charge in [-0.3, -0.25) is 0 Å². The number of nitrogens with zero attached hydrogens (tertiary/aromatic N) is 1. The number of hydrogen-bond acceptors (Lipinski definition) is 4. The van der Waals surface area contributed by atoms with Crippen LogP contribution in [0, 0.1) is 5.82 Å². The molecule has 1 heterocycles. The molecule has 1 aliphatic carbocycles. The molecule has 94 valence electrons. The van der Waals surface area contributed by atoms with Crippen LogP contribution < -0.4 is 0 Å². The van der Waals surface area contributed by atoms with Gasteiger partial charge in [-0.05, 0) is 30.5 Å². The van der Waals surface area contributed by atoms with E-state index in [1.54, 1.807) is 12.1 Å². The number of thioether (sulfide) groups is 1. The van der Waals surface area contributed by atoms with Crippen LogP contribution in [-0.4, -0.2) is 24.5 Å². The molecule has 0 atom stereocenters. The molecule has 0 bridgehead atoms. The Kier molecular flexibility index (Phi) is 2.98. The fourth-order valence-electron chi connectivity index (χ4n) is 2.02. The highest BCUT2D eigenvalue weighted by atomic mass is 32.2. The monoisotopic (exact) mass is 265 g/mol. The summed E-state index contributed by atoms with van der Waals surface area (Å²) in [5, 5.41) is 0.355. The van der Waals surface area contributed by atoms with Gasteiger partial charge in [-0.2, -0.15) is 4.99 Å². The molecule has 1 aromatic carbocycles. The minimum atomic E-state index is -0.495. The maximum Gasteiger partial charge on any atom is 0.235 e. The van der Waals surface area contributed by atoms with E-state index in [0.29, 0.717) is 23.4 Å². The van der Waals surface area contributed by atoms with Gasteiger partial charge in [0.2, 0.25) is 6.08 Å². The summed E-state index contributed by atoms with van der Waals surface area (Å²) < 4.78 is 19.0. The summed E-state index contributed by atoms with van der Waals surface area (Å²) in [5.41, 5.74) is 0.281. The second-order valence-corrected chi connectivity index (χ2v) is 6.00. The predicted molar refractivity (Wildman–Crippen MR) is 65.9 cm³/mol. The highest BCUT2D eigenvalue weighted by Crippen LogP contribution is 2.49. The SMILES string of the molecule is O=C=NC1(c2ccc(SC3COC3)c(F)c2)CC1. The van der Waals surface area contributed by atoms with E-state index in [-0.39, 0.29) is 5.82 Å². The van der Waals surface area contributed by atoms with Crippen LogP contribution in [0.4, 0.5) is 4.39 Å². The summed E-state index contributed by atoms with van der Waals surface area (Å²) in [5.74, 6) is -0.239. The molecule has 3 nitrogen and oxygen atoms in total. The molecule has 0 radical (unpaired) electrons. The standard InChI is InChI=1S/C13H12FNO2S/c14-11-5-9(13(3-4-13)15-8-16)1-2-12(11)18-10-6-17-7-10/h1-2,5,10H,3-4,6-7H2. The van der Waals surface area contributed by atoms with Crippen molar-refractivity contribution in [3.63, 3.8) is 0 Å². The molecule has 0 N–H and O–H groups in total. The second kappa shape index (κ2) is 4.50. The molecule has 1 saturated heterocycles. The Balaban J connectivity index is 1.82. The first-order chi connectivity index (χ1) is 8.73. The zero-order valence-corrected chi connectivity index (χ0v) is 10.5. The van der Waals surface area contributed by atoms with E-state index in [4.69, 9.17) is 4.74 Å². The van der Waals surface area contributed by atoms with Crippen molar-refractivity contribution in [1.29, 1.82) is 0 Å². The van der Waals surface area contributed by atoms with Crippen molar-refractivity contribution in [3.8, 4) is 0 Å². The van der Waals surface area contributed by atoms with Crippen molar-refractivity contribution in [2.75, 3.05) is 13.2 Å². The van der Waals surface area contributed by atoms with Gasteiger partial charge in [0.05, 0.1) is 24.0 Å². The molecule has 0 amide bonds. The number of halogens is 1. The number of isocyanates is 1. The maximum atomic E-state index is 14.0. The van der Waals surface area contributed by atoms with Crippen molar-refractivity contribution in [3.05, 3.63) is 29.6 Å². The number of aliphatic imine (C=N–C) groups is 1. The highest BCUT2D eigenvalue weighted by Gasteiger charge is 2.45. The van der Waals surface area contributed by atoms with Gasteiger partial charge in [0, 0.05) is 4.90 Å². The molecule has 5 heteroatoms. The number of benzene rings is 1. The summed E-state index contributed by atoms with van der Waals surface area (Å²) in [7, 11) is 0. The summed E-state index contributed by atoms with van der Waals surface area (Å²) in [4.78, 5) is 14.8. The molecule has 1 saturated carbocycles. The summed E-state index contributed by atoms with van der Waals surface area (Å²) in [6.07, 6.45) is 3.18. The van der Waals surface area contributed by atoms with Crippen molar-refractivity contribution in [1.82, 2.24) is 0 Å². The third-order valence-corrected chi connectivity index (χ3v) is 4.54. The van der Waals surface area contributed by atoms with Gasteiger partial charge in [0.1, 0.15) is 5.82 Å². The molecule has 1 aromatic rings. The Bertz CT molecular complexity index is 520. The fraction of sp³-hybridized carbons (Fsp3) is 0.462. The second-order valence-electron chi connectivity index (χ2n) is 4.66. The van der Waals surface area contributed by atoms with Crippen molar-refractivity contribution < 1.29 is 13.9 Å². The highest BCUT2D eigenvalue weighted by molar-refractivity contribution is 8.00. The molecule has 0 unspecified atom stereocenters. The fourth-order valence-corrected chi connectivity index (χ4v) is 3.02. The van der Waals surface area contributed by atoms with E-state index in [0.717, 1.165) is 18.4 Å². The van der Waals surface area contributed by atoms with Gasteiger partial charge >= 0.3 is 0 Å². The quantitative estimate of drug-likeness (QED) is 0.620. The van der Waals surface area contributed by atoms with Crippen LogP contribution in [-0.2, 0) is 15.1 Å². The smallest absolute Gasteiger partial charge is 0.235 e. The Hall–Kier alpha value is -1.16. The zero-order chi connectivity index (χ0) is 12.6. The number of ether oxygens (including phenoxy) is 1. The average Bonchev–Trinajstić information content (AvgIpc) is 3.06. The summed E-state index contributed by atoms with van der Waals surface area (Å²) in [6, 6.07) is 5.13. The summed E-state index contributed by atoms with van der Waals surface area (Å²) >= 11 is 1.50. The minimum Gasteiger partial charge on any atom is -0.379 e. The van der Waals surface area contributed by atoms with Crippen LogP contribution in [0.1, 0.15) is 18.4 Å². The Morgan fingerprint density at radius 1 is 1.44 bits per heavy atom. The topological polar surface area (TPSA) is 38.7 Å². The zero-order valence-electron chi connectivity index (χ0n) is 9.69. The van der Waals surface area contributed by atoms with Crippen LogP contribution in [0.25, 0.3) is 0 Å². The minimum absolute atomic E-state index is 0.239.